The monoisotopic (exact) mass is 402 g/mol. The molecule has 0 bridgehead atoms. The summed E-state index contributed by atoms with van der Waals surface area (Å²) in [5.41, 5.74) is 2.31. The molecule has 0 unspecified atom stereocenters. The lowest BCUT2D eigenvalue weighted by atomic mass is 9.99. The largest absolute Gasteiger partial charge is 0.338 e. The molecule has 0 saturated carbocycles. The molecular weight excluding hydrogens is 368 g/mol. The SMILES string of the molecule is CCCCCC#CCCCC/C=C/C1O[C@H](c2ccccc2)[C@@H](c2ccccc2)O1. The fourth-order valence-corrected chi connectivity index (χ4v) is 3.67. The first-order valence-electron chi connectivity index (χ1n) is 11.4. The van der Waals surface area contributed by atoms with Crippen molar-refractivity contribution in [2.75, 3.05) is 0 Å². The lowest BCUT2D eigenvalue weighted by Crippen LogP contribution is -2.06. The van der Waals surface area contributed by atoms with Crippen LogP contribution >= 0.6 is 0 Å². The van der Waals surface area contributed by atoms with Gasteiger partial charge < -0.3 is 9.47 Å². The maximum Gasteiger partial charge on any atom is 0.178 e. The molecule has 3 rings (SSSR count). The van der Waals surface area contributed by atoms with Crippen LogP contribution in [0, 0.1) is 11.8 Å². The Morgan fingerprint density at radius 2 is 1.27 bits per heavy atom. The Labute approximate surface area is 182 Å². The second-order valence-corrected chi connectivity index (χ2v) is 7.79. The predicted octanol–water partition coefficient (Wildman–Crippen LogP) is 7.54. The molecule has 2 aromatic rings. The predicted molar refractivity (Wildman–Crippen MR) is 124 cm³/mol. The number of ether oxygens (including phenoxy) is 2. The first-order chi connectivity index (χ1) is 14.9. The van der Waals surface area contributed by atoms with Crippen molar-refractivity contribution in [1.29, 1.82) is 0 Å². The number of unbranched alkanes of at least 4 members (excludes halogenated alkanes) is 6. The quantitative estimate of drug-likeness (QED) is 0.232. The van der Waals surface area contributed by atoms with Crippen LogP contribution < -0.4 is 0 Å². The van der Waals surface area contributed by atoms with E-state index >= 15 is 0 Å². The maximum atomic E-state index is 6.27. The lowest BCUT2D eigenvalue weighted by Gasteiger charge is -2.17. The molecule has 158 valence electrons. The summed E-state index contributed by atoms with van der Waals surface area (Å²) in [4.78, 5) is 0. The summed E-state index contributed by atoms with van der Waals surface area (Å²) in [7, 11) is 0. The molecule has 0 spiro atoms. The Hall–Kier alpha value is -2.34. The van der Waals surface area contributed by atoms with Crippen LogP contribution in [0.3, 0.4) is 0 Å². The van der Waals surface area contributed by atoms with E-state index in [0.29, 0.717) is 0 Å². The molecule has 1 aliphatic heterocycles. The second kappa shape index (κ2) is 13.1. The number of allylic oxidation sites excluding steroid dienone is 1. The minimum Gasteiger partial charge on any atom is -0.338 e. The van der Waals surface area contributed by atoms with Crippen molar-refractivity contribution in [2.45, 2.75) is 76.8 Å². The molecule has 1 heterocycles. The van der Waals surface area contributed by atoms with Gasteiger partial charge in [-0.15, -0.1) is 11.8 Å². The van der Waals surface area contributed by atoms with Gasteiger partial charge in [0.1, 0.15) is 12.2 Å². The van der Waals surface area contributed by atoms with E-state index < -0.39 is 0 Å². The first-order valence-corrected chi connectivity index (χ1v) is 11.4. The Morgan fingerprint density at radius 1 is 0.733 bits per heavy atom. The summed E-state index contributed by atoms with van der Waals surface area (Å²) in [6, 6.07) is 20.7. The highest BCUT2D eigenvalue weighted by atomic mass is 16.7. The third-order valence-electron chi connectivity index (χ3n) is 5.34. The molecule has 2 atom stereocenters. The topological polar surface area (TPSA) is 18.5 Å². The Morgan fingerprint density at radius 3 is 1.80 bits per heavy atom. The normalized spacial score (nSPS) is 19.1. The van der Waals surface area contributed by atoms with Crippen LogP contribution in [0.5, 0.6) is 0 Å². The molecule has 0 radical (unpaired) electrons. The highest BCUT2D eigenvalue weighted by Crippen LogP contribution is 2.42. The average molecular weight is 403 g/mol. The third-order valence-corrected chi connectivity index (χ3v) is 5.34. The van der Waals surface area contributed by atoms with Crippen molar-refractivity contribution in [3.63, 3.8) is 0 Å². The molecule has 1 saturated heterocycles. The van der Waals surface area contributed by atoms with Crippen LogP contribution in [0.1, 0.15) is 81.6 Å². The number of benzene rings is 2. The van der Waals surface area contributed by atoms with E-state index in [1.54, 1.807) is 0 Å². The van der Waals surface area contributed by atoms with Gasteiger partial charge in [0.05, 0.1) is 0 Å². The summed E-state index contributed by atoms with van der Waals surface area (Å²) < 4.78 is 12.5. The Balaban J connectivity index is 1.46. The number of rotatable bonds is 10. The summed E-state index contributed by atoms with van der Waals surface area (Å²) in [6.07, 6.45) is 12.9. The van der Waals surface area contributed by atoms with E-state index in [1.807, 2.05) is 12.1 Å². The standard InChI is InChI=1S/C28H34O2/c1-2-3-4-5-6-7-8-9-10-11-18-23-26-29-27(24-19-14-12-15-20-24)28(30-26)25-21-16-13-17-22-25/h12-23,26-28H,2-5,8-11H2,1H3/b23-18+/t27-,28-/m1/s1. The molecule has 2 aromatic carbocycles. The van der Waals surface area contributed by atoms with Crippen LogP contribution in [0.2, 0.25) is 0 Å². The molecule has 1 fully saturated rings. The maximum absolute atomic E-state index is 6.27. The molecule has 2 nitrogen and oxygen atoms in total. The van der Waals surface area contributed by atoms with E-state index in [0.717, 1.165) is 43.2 Å². The van der Waals surface area contributed by atoms with Gasteiger partial charge in [0.25, 0.3) is 0 Å². The Bertz CT molecular complexity index is 753. The number of hydrogen-bond donors (Lipinski definition) is 0. The van der Waals surface area contributed by atoms with Crippen LogP contribution in [0.4, 0.5) is 0 Å². The van der Waals surface area contributed by atoms with Crippen LogP contribution in [0.25, 0.3) is 0 Å². The van der Waals surface area contributed by atoms with Crippen LogP contribution in [-0.4, -0.2) is 6.29 Å². The molecule has 0 aromatic heterocycles. The zero-order valence-electron chi connectivity index (χ0n) is 18.1. The molecule has 30 heavy (non-hydrogen) atoms. The first kappa shape index (κ1) is 22.3. The molecule has 0 N–H and O–H groups in total. The smallest absolute Gasteiger partial charge is 0.178 e. The Kier molecular flexibility index (Phi) is 9.73. The fraction of sp³-hybridized carbons (Fsp3) is 0.429. The average Bonchev–Trinajstić information content (AvgIpc) is 3.23. The van der Waals surface area contributed by atoms with E-state index in [4.69, 9.17) is 9.47 Å². The van der Waals surface area contributed by atoms with Gasteiger partial charge in [-0.3, -0.25) is 0 Å². The lowest BCUT2D eigenvalue weighted by molar-refractivity contribution is -0.0292. The van der Waals surface area contributed by atoms with Crippen molar-refractivity contribution in [2.24, 2.45) is 0 Å². The highest BCUT2D eigenvalue weighted by Gasteiger charge is 2.36. The van der Waals surface area contributed by atoms with E-state index in [-0.39, 0.29) is 18.5 Å². The molecule has 0 amide bonds. The molecular formula is C28H34O2. The van der Waals surface area contributed by atoms with Crippen molar-refractivity contribution in [1.82, 2.24) is 0 Å². The zero-order valence-corrected chi connectivity index (χ0v) is 18.1. The zero-order chi connectivity index (χ0) is 20.9. The minimum absolute atomic E-state index is 0.0915. The van der Waals surface area contributed by atoms with Gasteiger partial charge in [-0.2, -0.15) is 0 Å². The van der Waals surface area contributed by atoms with Crippen molar-refractivity contribution in [3.8, 4) is 11.8 Å². The highest BCUT2D eigenvalue weighted by molar-refractivity contribution is 5.26. The summed E-state index contributed by atoms with van der Waals surface area (Å²) in [5.74, 6) is 6.59. The summed E-state index contributed by atoms with van der Waals surface area (Å²) in [5, 5.41) is 0. The van der Waals surface area contributed by atoms with Gasteiger partial charge in [-0.25, -0.2) is 0 Å². The van der Waals surface area contributed by atoms with E-state index in [1.165, 1.54) is 19.3 Å². The van der Waals surface area contributed by atoms with Crippen molar-refractivity contribution >= 4 is 0 Å². The van der Waals surface area contributed by atoms with Gasteiger partial charge in [0, 0.05) is 12.8 Å². The summed E-state index contributed by atoms with van der Waals surface area (Å²) in [6.45, 7) is 2.23. The second-order valence-electron chi connectivity index (χ2n) is 7.79. The van der Waals surface area contributed by atoms with Gasteiger partial charge >= 0.3 is 0 Å². The van der Waals surface area contributed by atoms with Gasteiger partial charge in [-0.05, 0) is 42.9 Å². The van der Waals surface area contributed by atoms with E-state index in [2.05, 4.69) is 79.4 Å². The molecule has 1 aliphatic rings. The van der Waals surface area contributed by atoms with E-state index in [9.17, 15) is 0 Å². The summed E-state index contributed by atoms with van der Waals surface area (Å²) >= 11 is 0. The molecule has 2 heteroatoms. The van der Waals surface area contributed by atoms with Crippen molar-refractivity contribution in [3.05, 3.63) is 83.9 Å². The number of hydrogen-bond acceptors (Lipinski definition) is 2. The van der Waals surface area contributed by atoms with Crippen molar-refractivity contribution < 1.29 is 9.47 Å². The van der Waals surface area contributed by atoms with Crippen LogP contribution in [0.15, 0.2) is 72.8 Å². The fourth-order valence-electron chi connectivity index (χ4n) is 3.67. The van der Waals surface area contributed by atoms with Crippen LogP contribution in [-0.2, 0) is 9.47 Å². The van der Waals surface area contributed by atoms with Gasteiger partial charge in [-0.1, -0.05) is 86.5 Å². The molecule has 0 aliphatic carbocycles. The van der Waals surface area contributed by atoms with Gasteiger partial charge in [0.15, 0.2) is 6.29 Å². The van der Waals surface area contributed by atoms with Gasteiger partial charge in [0.2, 0.25) is 0 Å². The minimum atomic E-state index is -0.307. The third kappa shape index (κ3) is 7.17.